The lowest BCUT2D eigenvalue weighted by Gasteiger charge is -2.25. The molecule has 0 radical (unpaired) electrons. The molecule has 51 heavy (non-hydrogen) atoms. The normalized spacial score (nSPS) is 13.5. The molecule has 0 amide bonds. The number of para-hydroxylation sites is 2. The first-order valence-electron chi connectivity index (χ1n) is 14.9. The van der Waals surface area contributed by atoms with Crippen LogP contribution in [0.2, 0.25) is 0 Å². The van der Waals surface area contributed by atoms with E-state index in [2.05, 4.69) is 51.0 Å². The van der Waals surface area contributed by atoms with Gasteiger partial charge in [0.15, 0.2) is 11.7 Å². The smallest absolute Gasteiger partial charge is 0.264 e. The zero-order valence-corrected chi connectivity index (χ0v) is 27.2. The van der Waals surface area contributed by atoms with Crippen LogP contribution in [0.5, 0.6) is 0 Å². The van der Waals surface area contributed by atoms with Gasteiger partial charge in [0.05, 0.1) is 11.4 Å². The Morgan fingerprint density at radius 3 is 1.08 bits per heavy atom. The van der Waals surface area contributed by atoms with Crippen LogP contribution in [0.15, 0.2) is 157 Å². The van der Waals surface area contributed by atoms with Gasteiger partial charge in [-0.15, -0.1) is 20.4 Å². The van der Waals surface area contributed by atoms with Crippen molar-refractivity contribution in [2.24, 2.45) is 10.2 Å². The van der Waals surface area contributed by atoms with Crippen LogP contribution in [-0.2, 0) is 10.4 Å². The predicted octanol–water partition coefficient (Wildman–Crippen LogP) is 3.31. The Morgan fingerprint density at radius 1 is 0.471 bits per heavy atom. The molecule has 256 valence electrons. The van der Waals surface area contributed by atoms with Crippen molar-refractivity contribution >= 4 is 45.3 Å². The number of amidine groups is 2. The van der Waals surface area contributed by atoms with Crippen molar-refractivity contribution in [1.29, 1.82) is 0 Å². The summed E-state index contributed by atoms with van der Waals surface area (Å²) >= 11 is 0. The van der Waals surface area contributed by atoms with E-state index in [0.717, 1.165) is 34.2 Å². The maximum absolute atomic E-state index is 8.74. The van der Waals surface area contributed by atoms with Crippen LogP contribution in [0.1, 0.15) is 11.1 Å². The third-order valence-corrected chi connectivity index (χ3v) is 6.61. The van der Waals surface area contributed by atoms with Crippen LogP contribution in [-0.4, -0.2) is 59.1 Å². The lowest BCUT2D eigenvalue weighted by Crippen LogP contribution is -2.45. The minimum atomic E-state index is -4.67. The summed E-state index contributed by atoms with van der Waals surface area (Å²) in [5.41, 5.74) is 10.4. The van der Waals surface area contributed by atoms with Crippen molar-refractivity contribution in [3.8, 4) is 0 Å². The van der Waals surface area contributed by atoms with Gasteiger partial charge in [-0.3, -0.25) is 20.0 Å². The highest BCUT2D eigenvalue weighted by molar-refractivity contribution is 7.79. The molecule has 0 aliphatic carbocycles. The fourth-order valence-corrected chi connectivity index (χ4v) is 4.48. The number of aromatic nitrogens is 6. The Kier molecular flexibility index (Phi) is 10.5. The number of anilines is 4. The molecule has 0 spiro atoms. The van der Waals surface area contributed by atoms with E-state index in [1.807, 2.05) is 121 Å². The second kappa shape index (κ2) is 15.9. The van der Waals surface area contributed by atoms with E-state index >= 15 is 0 Å². The van der Waals surface area contributed by atoms with E-state index in [-0.39, 0.29) is 0 Å². The molecule has 19 heteroatoms. The number of hydrazone groups is 2. The number of hydrogen-bond donors (Lipinski definition) is 4. The molecule has 0 saturated carbocycles. The van der Waals surface area contributed by atoms with Crippen LogP contribution in [0.25, 0.3) is 0 Å². The Balaban J connectivity index is 0.000000156. The van der Waals surface area contributed by atoms with Crippen LogP contribution >= 0.6 is 0 Å². The van der Waals surface area contributed by atoms with Crippen molar-refractivity contribution in [1.82, 2.24) is 40.8 Å². The standard InChI is InChI=1S/2C16H13N7.H2O4S/c2*1-3-7-13(8-4-1)15-20-22(14-9-5-2-6-10-14)23(21-15)16-18-11-17-12-19-16;1-5(2,3)4/h2*1-12H,(H,20,21);(H2,1,2,3,4). The SMILES string of the molecule is O=S(=O)(O)O.c1ccc(C2=NN(c3ncncn3)N(c3ccccc3)N2)cc1.c1ccc(C2=NN(c3ncncn3)N(c3ccccc3)N2)cc1. The van der Waals surface area contributed by atoms with Crippen molar-refractivity contribution < 1.29 is 17.5 Å². The average Bonchev–Trinajstić information content (AvgIpc) is 3.83. The molecule has 18 nitrogen and oxygen atoms in total. The summed E-state index contributed by atoms with van der Waals surface area (Å²) in [6.45, 7) is 0. The summed E-state index contributed by atoms with van der Waals surface area (Å²) in [5.74, 6) is 2.30. The number of nitrogens with one attached hydrogen (secondary N) is 2. The molecule has 2 aliphatic heterocycles. The summed E-state index contributed by atoms with van der Waals surface area (Å²) in [6.07, 6.45) is 5.78. The van der Waals surface area contributed by atoms with Gasteiger partial charge in [0, 0.05) is 11.1 Å². The third-order valence-electron chi connectivity index (χ3n) is 6.61. The Morgan fingerprint density at radius 2 is 0.765 bits per heavy atom. The molecule has 0 saturated heterocycles. The number of hydrogen-bond acceptors (Lipinski definition) is 16. The van der Waals surface area contributed by atoms with Crippen LogP contribution in [0.3, 0.4) is 0 Å². The van der Waals surface area contributed by atoms with Crippen LogP contribution in [0.4, 0.5) is 23.3 Å². The van der Waals surface area contributed by atoms with E-state index in [0.29, 0.717) is 11.9 Å². The van der Waals surface area contributed by atoms with Crippen molar-refractivity contribution in [2.45, 2.75) is 0 Å². The summed E-state index contributed by atoms with van der Waals surface area (Å²) in [4.78, 5) is 24.4. The van der Waals surface area contributed by atoms with Gasteiger partial charge in [-0.1, -0.05) is 97.1 Å². The maximum atomic E-state index is 8.74. The zero-order valence-electron chi connectivity index (χ0n) is 26.3. The van der Waals surface area contributed by atoms with Crippen molar-refractivity contribution in [2.75, 3.05) is 20.5 Å². The number of benzene rings is 4. The average molecular weight is 705 g/mol. The first-order chi connectivity index (χ1) is 24.8. The van der Waals surface area contributed by atoms with Gasteiger partial charge in [-0.2, -0.15) is 38.6 Å². The molecule has 0 atom stereocenters. The second-order valence-electron chi connectivity index (χ2n) is 10.1. The van der Waals surface area contributed by atoms with Crippen molar-refractivity contribution in [3.63, 3.8) is 0 Å². The van der Waals surface area contributed by atoms with E-state index in [1.165, 1.54) is 25.3 Å². The van der Waals surface area contributed by atoms with Gasteiger partial charge < -0.3 is 0 Å². The lowest BCUT2D eigenvalue weighted by molar-refractivity contribution is 0.381. The summed E-state index contributed by atoms with van der Waals surface area (Å²) in [5, 5.41) is 16.0. The van der Waals surface area contributed by atoms with Gasteiger partial charge in [0.2, 0.25) is 0 Å². The molecule has 2 aromatic heterocycles. The molecule has 4 N–H and O–H groups in total. The Labute approximate surface area is 291 Å². The minimum absolute atomic E-state index is 0.433. The molecule has 4 heterocycles. The Hall–Kier alpha value is -7.09. The van der Waals surface area contributed by atoms with Crippen molar-refractivity contribution in [3.05, 3.63) is 158 Å². The topological polar surface area (TPSA) is 214 Å². The summed E-state index contributed by atoms with van der Waals surface area (Å²) < 4.78 is 31.6. The predicted molar refractivity (Wildman–Crippen MR) is 189 cm³/mol. The summed E-state index contributed by atoms with van der Waals surface area (Å²) in [6, 6.07) is 39.5. The summed E-state index contributed by atoms with van der Waals surface area (Å²) in [7, 11) is -4.67. The van der Waals surface area contributed by atoms with E-state index in [9.17, 15) is 0 Å². The number of rotatable bonds is 6. The largest absolute Gasteiger partial charge is 0.394 e. The van der Waals surface area contributed by atoms with Gasteiger partial charge in [-0.05, 0) is 24.3 Å². The number of hydrazine groups is 4. The quantitative estimate of drug-likeness (QED) is 0.183. The van der Waals surface area contributed by atoms with Gasteiger partial charge in [0.1, 0.15) is 25.3 Å². The van der Waals surface area contributed by atoms with Gasteiger partial charge >= 0.3 is 10.4 Å². The fourth-order valence-electron chi connectivity index (χ4n) is 4.48. The molecule has 6 aromatic rings. The maximum Gasteiger partial charge on any atom is 0.394 e. The second-order valence-corrected chi connectivity index (χ2v) is 10.9. The zero-order chi connectivity index (χ0) is 35.5. The van der Waals surface area contributed by atoms with Crippen LogP contribution < -0.4 is 31.3 Å². The van der Waals surface area contributed by atoms with Gasteiger partial charge in [-0.25, -0.2) is 9.97 Å². The first kappa shape index (κ1) is 33.8. The third kappa shape index (κ3) is 9.08. The van der Waals surface area contributed by atoms with E-state index in [4.69, 9.17) is 17.5 Å². The Bertz CT molecular complexity index is 2010. The highest BCUT2D eigenvalue weighted by atomic mass is 32.3. The molecular weight excluding hydrogens is 677 g/mol. The first-order valence-corrected chi connectivity index (χ1v) is 16.3. The fraction of sp³-hybridized carbons (Fsp3) is 0. The molecule has 8 rings (SSSR count). The molecule has 2 aliphatic rings. The molecule has 0 fully saturated rings. The lowest BCUT2D eigenvalue weighted by atomic mass is 10.2. The van der Waals surface area contributed by atoms with E-state index < -0.39 is 10.4 Å². The molecule has 0 bridgehead atoms. The highest BCUT2D eigenvalue weighted by Gasteiger charge is 2.29. The molecular formula is C32H28N14O4S. The van der Waals surface area contributed by atoms with E-state index in [1.54, 1.807) is 20.5 Å². The van der Waals surface area contributed by atoms with Crippen LogP contribution in [0, 0.1) is 0 Å². The monoisotopic (exact) mass is 704 g/mol. The minimum Gasteiger partial charge on any atom is -0.264 e. The highest BCUT2D eigenvalue weighted by Crippen LogP contribution is 2.24. The van der Waals surface area contributed by atoms with Gasteiger partial charge in [0.25, 0.3) is 11.9 Å². The molecule has 4 aromatic carbocycles. The molecule has 0 unspecified atom stereocenters. The number of nitrogens with zero attached hydrogens (tertiary/aromatic N) is 12.